The van der Waals surface area contributed by atoms with Gasteiger partial charge in [-0.25, -0.2) is 0 Å². The number of hydrogen-bond acceptors (Lipinski definition) is 2. The summed E-state index contributed by atoms with van der Waals surface area (Å²) in [7, 11) is 0. The van der Waals surface area contributed by atoms with Crippen molar-refractivity contribution in [1.29, 1.82) is 0 Å². The van der Waals surface area contributed by atoms with Crippen LogP contribution in [0.5, 0.6) is 0 Å². The predicted molar refractivity (Wildman–Crippen MR) is 58.2 cm³/mol. The van der Waals surface area contributed by atoms with Crippen LogP contribution >= 0.6 is 11.6 Å². The lowest BCUT2D eigenvalue weighted by atomic mass is 10.1. The third-order valence-electron chi connectivity index (χ3n) is 2.01. The highest BCUT2D eigenvalue weighted by atomic mass is 35.5. The molecule has 1 aromatic carbocycles. The number of halogens is 1. The van der Waals surface area contributed by atoms with Gasteiger partial charge in [-0.2, -0.15) is 5.10 Å². The van der Waals surface area contributed by atoms with Crippen molar-refractivity contribution in [3.05, 3.63) is 35.0 Å². The Labute approximate surface area is 86.9 Å². The van der Waals surface area contributed by atoms with Gasteiger partial charge in [-0.05, 0) is 31.2 Å². The first kappa shape index (κ1) is 9.09. The van der Waals surface area contributed by atoms with E-state index in [1.807, 2.05) is 19.1 Å². The Morgan fingerprint density at radius 2 is 2.14 bits per heavy atom. The van der Waals surface area contributed by atoms with Crippen molar-refractivity contribution in [1.82, 2.24) is 10.2 Å². The van der Waals surface area contributed by atoms with E-state index in [2.05, 4.69) is 10.2 Å². The monoisotopic (exact) mass is 207 g/mol. The van der Waals surface area contributed by atoms with Crippen molar-refractivity contribution < 1.29 is 0 Å². The van der Waals surface area contributed by atoms with Gasteiger partial charge in [-0.3, -0.25) is 5.10 Å². The Morgan fingerprint density at radius 1 is 1.36 bits per heavy atom. The number of H-pyrrole nitrogens is 1. The summed E-state index contributed by atoms with van der Waals surface area (Å²) >= 11 is 5.88. The van der Waals surface area contributed by atoms with E-state index < -0.39 is 0 Å². The predicted octanol–water partition coefficient (Wildman–Crippen LogP) is 2.62. The van der Waals surface area contributed by atoms with Crippen molar-refractivity contribution in [3.8, 4) is 11.3 Å². The van der Waals surface area contributed by atoms with Gasteiger partial charge in [0.1, 0.15) is 0 Å². The first-order valence-corrected chi connectivity index (χ1v) is 4.62. The first-order chi connectivity index (χ1) is 6.66. The number of aromatic nitrogens is 2. The molecule has 0 aliphatic rings. The summed E-state index contributed by atoms with van der Waals surface area (Å²) in [5.74, 6) is 0. The normalized spacial score (nSPS) is 10.4. The van der Waals surface area contributed by atoms with E-state index in [9.17, 15) is 0 Å². The lowest BCUT2D eigenvalue weighted by Gasteiger charge is -2.02. The van der Waals surface area contributed by atoms with E-state index in [-0.39, 0.29) is 0 Å². The van der Waals surface area contributed by atoms with Crippen LogP contribution in [-0.4, -0.2) is 10.2 Å². The molecule has 2 aromatic rings. The highest BCUT2D eigenvalue weighted by Crippen LogP contribution is 2.27. The lowest BCUT2D eigenvalue weighted by molar-refractivity contribution is 1.05. The molecule has 0 saturated heterocycles. The molecule has 0 aliphatic heterocycles. The first-order valence-electron chi connectivity index (χ1n) is 4.24. The van der Waals surface area contributed by atoms with E-state index in [1.165, 1.54) is 0 Å². The minimum absolute atomic E-state index is 0.668. The number of hydrogen-bond donors (Lipinski definition) is 2. The number of rotatable bonds is 1. The van der Waals surface area contributed by atoms with Gasteiger partial charge in [-0.15, -0.1) is 0 Å². The molecule has 0 radical (unpaired) electrons. The van der Waals surface area contributed by atoms with E-state index in [1.54, 1.807) is 12.1 Å². The molecule has 0 bridgehead atoms. The van der Waals surface area contributed by atoms with Crippen molar-refractivity contribution in [2.45, 2.75) is 6.92 Å². The molecule has 2 rings (SSSR count). The van der Waals surface area contributed by atoms with Crippen LogP contribution in [0.3, 0.4) is 0 Å². The van der Waals surface area contributed by atoms with Crippen LogP contribution < -0.4 is 5.73 Å². The molecule has 1 aromatic heterocycles. The second-order valence-corrected chi connectivity index (χ2v) is 3.59. The Morgan fingerprint density at radius 3 is 2.79 bits per heavy atom. The number of anilines is 1. The molecule has 3 nitrogen and oxygen atoms in total. The van der Waals surface area contributed by atoms with Gasteiger partial charge in [0.25, 0.3) is 0 Å². The minimum atomic E-state index is 0.668. The fraction of sp³-hybridized carbons (Fsp3) is 0.100. The topological polar surface area (TPSA) is 54.7 Å². The van der Waals surface area contributed by atoms with Crippen LogP contribution in [0.15, 0.2) is 24.3 Å². The van der Waals surface area contributed by atoms with Crippen molar-refractivity contribution >= 4 is 17.3 Å². The highest BCUT2D eigenvalue weighted by Gasteiger charge is 2.05. The van der Waals surface area contributed by atoms with Crippen molar-refractivity contribution in [2.24, 2.45) is 0 Å². The molecule has 14 heavy (non-hydrogen) atoms. The second-order valence-electron chi connectivity index (χ2n) is 3.15. The Bertz CT molecular complexity index is 462. The van der Waals surface area contributed by atoms with Gasteiger partial charge in [0.05, 0.1) is 11.4 Å². The summed E-state index contributed by atoms with van der Waals surface area (Å²) in [6.07, 6.45) is 0. The SMILES string of the molecule is Cc1cc(-c2cc(Cl)ccc2N)[nH]n1. The zero-order chi connectivity index (χ0) is 10.1. The number of nitrogens with two attached hydrogens (primary N) is 1. The van der Waals surface area contributed by atoms with Crippen LogP contribution in [0.2, 0.25) is 5.02 Å². The van der Waals surface area contributed by atoms with E-state index in [0.717, 1.165) is 17.0 Å². The smallest absolute Gasteiger partial charge is 0.0674 e. The van der Waals surface area contributed by atoms with Gasteiger partial charge in [0.2, 0.25) is 0 Å². The van der Waals surface area contributed by atoms with E-state index in [4.69, 9.17) is 17.3 Å². The van der Waals surface area contributed by atoms with Gasteiger partial charge in [-0.1, -0.05) is 11.6 Å². The summed E-state index contributed by atoms with van der Waals surface area (Å²) in [6, 6.07) is 7.31. The van der Waals surface area contributed by atoms with E-state index >= 15 is 0 Å². The minimum Gasteiger partial charge on any atom is -0.398 e. The second kappa shape index (κ2) is 3.35. The molecule has 1 heterocycles. The molecule has 72 valence electrons. The molecule has 4 heteroatoms. The number of aryl methyl sites for hydroxylation is 1. The summed E-state index contributed by atoms with van der Waals surface area (Å²) < 4.78 is 0. The fourth-order valence-corrected chi connectivity index (χ4v) is 1.49. The number of nitrogens with one attached hydrogen (secondary N) is 1. The third kappa shape index (κ3) is 1.59. The summed E-state index contributed by atoms with van der Waals surface area (Å²) in [5, 5.41) is 7.61. The van der Waals surface area contributed by atoms with Gasteiger partial charge in [0.15, 0.2) is 0 Å². The van der Waals surface area contributed by atoms with Gasteiger partial charge in [0, 0.05) is 16.3 Å². The molecule has 0 atom stereocenters. The van der Waals surface area contributed by atoms with Crippen LogP contribution in [-0.2, 0) is 0 Å². The maximum absolute atomic E-state index is 5.88. The average molecular weight is 208 g/mol. The Hall–Kier alpha value is -1.48. The largest absolute Gasteiger partial charge is 0.398 e. The number of benzene rings is 1. The van der Waals surface area contributed by atoms with Crippen LogP contribution in [0.1, 0.15) is 5.69 Å². The molecule has 0 amide bonds. The van der Waals surface area contributed by atoms with Crippen LogP contribution in [0.4, 0.5) is 5.69 Å². The quantitative estimate of drug-likeness (QED) is 0.707. The fourth-order valence-electron chi connectivity index (χ4n) is 1.32. The molecule has 0 aliphatic carbocycles. The average Bonchev–Trinajstić information content (AvgIpc) is 2.56. The number of nitrogens with zero attached hydrogens (tertiary/aromatic N) is 1. The number of aromatic amines is 1. The number of nitrogen functional groups attached to an aromatic ring is 1. The van der Waals surface area contributed by atoms with Crippen molar-refractivity contribution in [2.75, 3.05) is 5.73 Å². The van der Waals surface area contributed by atoms with Gasteiger partial charge < -0.3 is 5.73 Å². The van der Waals surface area contributed by atoms with Crippen molar-refractivity contribution in [3.63, 3.8) is 0 Å². The maximum atomic E-state index is 5.88. The molecule has 0 spiro atoms. The molecule has 0 unspecified atom stereocenters. The maximum Gasteiger partial charge on any atom is 0.0674 e. The lowest BCUT2D eigenvalue weighted by Crippen LogP contribution is -1.89. The molecular formula is C10H10ClN3. The Balaban J connectivity index is 2.55. The summed E-state index contributed by atoms with van der Waals surface area (Å²) in [5.41, 5.74) is 9.23. The zero-order valence-corrected chi connectivity index (χ0v) is 8.47. The van der Waals surface area contributed by atoms with E-state index in [0.29, 0.717) is 10.7 Å². The van der Waals surface area contributed by atoms with Crippen LogP contribution in [0.25, 0.3) is 11.3 Å². The van der Waals surface area contributed by atoms with Gasteiger partial charge >= 0.3 is 0 Å². The zero-order valence-electron chi connectivity index (χ0n) is 7.71. The molecule has 0 fully saturated rings. The highest BCUT2D eigenvalue weighted by molar-refractivity contribution is 6.31. The summed E-state index contributed by atoms with van der Waals surface area (Å²) in [4.78, 5) is 0. The standard InChI is InChI=1S/C10H10ClN3/c1-6-4-10(14-13-6)8-5-7(11)2-3-9(8)12/h2-5H,12H2,1H3,(H,13,14). The third-order valence-corrected chi connectivity index (χ3v) is 2.25. The molecular weight excluding hydrogens is 198 g/mol. The molecule has 3 N–H and O–H groups in total. The molecule has 0 saturated carbocycles. The van der Waals surface area contributed by atoms with Crippen LogP contribution in [0, 0.1) is 6.92 Å². The Kier molecular flexibility index (Phi) is 2.17. The summed E-state index contributed by atoms with van der Waals surface area (Å²) in [6.45, 7) is 1.92.